The summed E-state index contributed by atoms with van der Waals surface area (Å²) >= 11 is 0. The molecule has 0 N–H and O–H groups in total. The van der Waals surface area contributed by atoms with Crippen LogP contribution in [0.3, 0.4) is 0 Å². The molecule has 3 rings (SSSR count). The maximum Gasteiger partial charge on any atom is 0.257 e. The van der Waals surface area contributed by atoms with Crippen molar-refractivity contribution in [2.45, 2.75) is 39.7 Å². The SMILES string of the molecule is Cc1nc(C)c(C(=O)Cn2cnc3c(c2=O)CCC3)o1. The second kappa shape index (κ2) is 4.70. The molecule has 1 aliphatic carbocycles. The van der Waals surface area contributed by atoms with Crippen molar-refractivity contribution in [3.63, 3.8) is 0 Å². The molecule has 6 nitrogen and oxygen atoms in total. The lowest BCUT2D eigenvalue weighted by Crippen LogP contribution is -2.27. The van der Waals surface area contributed by atoms with Gasteiger partial charge in [-0.05, 0) is 26.2 Å². The van der Waals surface area contributed by atoms with E-state index in [0.717, 1.165) is 30.5 Å². The Hall–Kier alpha value is -2.24. The molecule has 2 aromatic rings. The minimum atomic E-state index is -0.259. The number of rotatable bonds is 3. The van der Waals surface area contributed by atoms with Gasteiger partial charge in [0, 0.05) is 12.5 Å². The molecular formula is C14H15N3O3. The highest BCUT2D eigenvalue weighted by atomic mass is 16.4. The van der Waals surface area contributed by atoms with E-state index in [9.17, 15) is 9.59 Å². The molecule has 104 valence electrons. The highest BCUT2D eigenvalue weighted by Gasteiger charge is 2.20. The molecule has 2 aromatic heterocycles. The highest BCUT2D eigenvalue weighted by Crippen LogP contribution is 2.15. The molecule has 0 aliphatic heterocycles. The van der Waals surface area contributed by atoms with Crippen LogP contribution < -0.4 is 5.56 Å². The van der Waals surface area contributed by atoms with E-state index in [0.29, 0.717) is 11.6 Å². The number of ketones is 1. The number of hydrogen-bond acceptors (Lipinski definition) is 5. The van der Waals surface area contributed by atoms with Gasteiger partial charge in [0.2, 0.25) is 5.78 Å². The van der Waals surface area contributed by atoms with E-state index in [1.54, 1.807) is 13.8 Å². The minimum absolute atomic E-state index is 0.0609. The van der Waals surface area contributed by atoms with Crippen molar-refractivity contribution >= 4 is 5.78 Å². The summed E-state index contributed by atoms with van der Waals surface area (Å²) in [6.07, 6.45) is 4.00. The van der Waals surface area contributed by atoms with Crippen LogP contribution in [0, 0.1) is 13.8 Å². The van der Waals surface area contributed by atoms with E-state index < -0.39 is 0 Å². The normalized spacial score (nSPS) is 13.5. The third kappa shape index (κ3) is 2.07. The predicted octanol–water partition coefficient (Wildman–Crippen LogP) is 1.22. The van der Waals surface area contributed by atoms with Crippen molar-refractivity contribution in [3.8, 4) is 0 Å². The first-order valence-electron chi connectivity index (χ1n) is 6.60. The average Bonchev–Trinajstić information content (AvgIpc) is 2.99. The van der Waals surface area contributed by atoms with Crippen molar-refractivity contribution in [1.29, 1.82) is 0 Å². The fourth-order valence-corrected chi connectivity index (χ4v) is 2.59. The summed E-state index contributed by atoms with van der Waals surface area (Å²) in [5, 5.41) is 0. The van der Waals surface area contributed by atoms with Crippen LogP contribution in [0.2, 0.25) is 0 Å². The number of carbonyl (C=O) groups is 1. The molecule has 1 aliphatic rings. The molecule has 0 fully saturated rings. The van der Waals surface area contributed by atoms with Gasteiger partial charge < -0.3 is 4.42 Å². The highest BCUT2D eigenvalue weighted by molar-refractivity contribution is 5.94. The number of nitrogens with zero attached hydrogens (tertiary/aromatic N) is 3. The summed E-state index contributed by atoms with van der Waals surface area (Å²) in [6, 6.07) is 0. The van der Waals surface area contributed by atoms with Crippen molar-refractivity contribution < 1.29 is 9.21 Å². The van der Waals surface area contributed by atoms with Crippen LogP contribution in [0.25, 0.3) is 0 Å². The molecule has 20 heavy (non-hydrogen) atoms. The van der Waals surface area contributed by atoms with Crippen LogP contribution in [0.15, 0.2) is 15.5 Å². The Balaban J connectivity index is 1.91. The fraction of sp³-hybridized carbons (Fsp3) is 0.429. The molecule has 2 heterocycles. The summed E-state index contributed by atoms with van der Waals surface area (Å²) in [7, 11) is 0. The third-order valence-electron chi connectivity index (χ3n) is 3.53. The molecular weight excluding hydrogens is 258 g/mol. The molecule has 0 spiro atoms. The van der Waals surface area contributed by atoms with Gasteiger partial charge in [0.05, 0.1) is 24.3 Å². The standard InChI is InChI=1S/C14H15N3O3/c1-8-13(20-9(2)16-8)12(18)6-17-7-15-11-5-3-4-10(11)14(17)19/h7H,3-6H2,1-2H3. The van der Waals surface area contributed by atoms with Gasteiger partial charge in [-0.2, -0.15) is 0 Å². The largest absolute Gasteiger partial charge is 0.438 e. The van der Waals surface area contributed by atoms with Gasteiger partial charge in [0.15, 0.2) is 11.7 Å². The van der Waals surface area contributed by atoms with E-state index >= 15 is 0 Å². The average molecular weight is 273 g/mol. The van der Waals surface area contributed by atoms with Gasteiger partial charge in [-0.25, -0.2) is 9.97 Å². The molecule has 0 unspecified atom stereocenters. The Morgan fingerprint density at radius 1 is 1.40 bits per heavy atom. The summed E-state index contributed by atoms with van der Waals surface area (Å²) in [5.41, 5.74) is 2.04. The van der Waals surface area contributed by atoms with Crippen molar-refractivity contribution in [1.82, 2.24) is 14.5 Å². The van der Waals surface area contributed by atoms with Gasteiger partial charge in [0.1, 0.15) is 0 Å². The van der Waals surface area contributed by atoms with Gasteiger partial charge in [0.25, 0.3) is 5.56 Å². The van der Waals surface area contributed by atoms with E-state index in [2.05, 4.69) is 9.97 Å². The monoisotopic (exact) mass is 273 g/mol. The summed E-state index contributed by atoms with van der Waals surface area (Å²) in [5.74, 6) is 0.408. The zero-order valence-corrected chi connectivity index (χ0v) is 11.5. The molecule has 0 saturated heterocycles. The number of Topliss-reactive ketones (excluding diaryl/α,β-unsaturated/α-hetero) is 1. The first kappa shape index (κ1) is 12.8. The Bertz CT molecular complexity index is 743. The number of carbonyl (C=O) groups excluding carboxylic acids is 1. The lowest BCUT2D eigenvalue weighted by Gasteiger charge is -2.05. The number of oxazole rings is 1. The Kier molecular flexibility index (Phi) is 3.00. The number of aromatic nitrogens is 3. The first-order chi connectivity index (χ1) is 9.56. The second-order valence-electron chi connectivity index (χ2n) is 5.03. The van der Waals surface area contributed by atoms with Crippen LogP contribution >= 0.6 is 0 Å². The van der Waals surface area contributed by atoms with E-state index in [1.165, 1.54) is 10.9 Å². The van der Waals surface area contributed by atoms with Crippen molar-refractivity contribution in [2.24, 2.45) is 0 Å². The molecule has 6 heteroatoms. The van der Waals surface area contributed by atoms with Crippen molar-refractivity contribution in [3.05, 3.63) is 45.3 Å². The smallest absolute Gasteiger partial charge is 0.257 e. The third-order valence-corrected chi connectivity index (χ3v) is 3.53. The summed E-state index contributed by atoms with van der Waals surface area (Å²) in [4.78, 5) is 32.7. The molecule has 0 radical (unpaired) electrons. The zero-order valence-electron chi connectivity index (χ0n) is 11.5. The zero-order chi connectivity index (χ0) is 14.3. The predicted molar refractivity (Wildman–Crippen MR) is 70.8 cm³/mol. The van der Waals surface area contributed by atoms with Gasteiger partial charge in [-0.15, -0.1) is 0 Å². The first-order valence-corrected chi connectivity index (χ1v) is 6.60. The van der Waals surface area contributed by atoms with Crippen LogP contribution in [0.4, 0.5) is 0 Å². The van der Waals surface area contributed by atoms with Gasteiger partial charge in [-0.1, -0.05) is 0 Å². The van der Waals surface area contributed by atoms with Crippen LogP contribution in [-0.2, 0) is 19.4 Å². The van der Waals surface area contributed by atoms with E-state index in [-0.39, 0.29) is 23.6 Å². The molecule has 0 atom stereocenters. The van der Waals surface area contributed by atoms with Crippen molar-refractivity contribution in [2.75, 3.05) is 0 Å². The molecule has 0 aromatic carbocycles. The lowest BCUT2D eigenvalue weighted by atomic mass is 10.2. The summed E-state index contributed by atoms with van der Waals surface area (Å²) in [6.45, 7) is 3.34. The quantitative estimate of drug-likeness (QED) is 0.786. The topological polar surface area (TPSA) is 78.0 Å². The van der Waals surface area contributed by atoms with Crippen LogP contribution in [-0.4, -0.2) is 20.3 Å². The minimum Gasteiger partial charge on any atom is -0.438 e. The number of aryl methyl sites for hydroxylation is 3. The lowest BCUT2D eigenvalue weighted by molar-refractivity contribution is 0.0941. The van der Waals surface area contributed by atoms with Gasteiger partial charge >= 0.3 is 0 Å². The van der Waals surface area contributed by atoms with E-state index in [4.69, 9.17) is 4.42 Å². The Labute approximate surface area is 115 Å². The molecule has 0 bridgehead atoms. The molecule has 0 saturated carbocycles. The van der Waals surface area contributed by atoms with E-state index in [1.807, 2.05) is 0 Å². The Morgan fingerprint density at radius 2 is 2.20 bits per heavy atom. The maximum atomic E-state index is 12.2. The number of fused-ring (bicyclic) bond motifs is 1. The second-order valence-corrected chi connectivity index (χ2v) is 5.03. The fourth-order valence-electron chi connectivity index (χ4n) is 2.59. The Morgan fingerprint density at radius 3 is 2.90 bits per heavy atom. The van der Waals surface area contributed by atoms with Gasteiger partial charge in [-0.3, -0.25) is 14.2 Å². The molecule has 0 amide bonds. The number of hydrogen-bond donors (Lipinski definition) is 0. The summed E-state index contributed by atoms with van der Waals surface area (Å²) < 4.78 is 6.64. The van der Waals surface area contributed by atoms with Crippen LogP contribution in [0.1, 0.15) is 39.8 Å². The maximum absolute atomic E-state index is 12.2. The van der Waals surface area contributed by atoms with Crippen LogP contribution in [0.5, 0.6) is 0 Å².